The zero-order chi connectivity index (χ0) is 6.57. The summed E-state index contributed by atoms with van der Waals surface area (Å²) in [4.78, 5) is 1.44. The van der Waals surface area contributed by atoms with Crippen molar-refractivity contribution in [3.8, 4) is 0 Å². The average molecular weight is 130 g/mol. The van der Waals surface area contributed by atoms with Crippen LogP contribution in [0.4, 0.5) is 0 Å². The van der Waals surface area contributed by atoms with E-state index in [9.17, 15) is 0 Å². The fraction of sp³-hybridized carbons (Fsp3) is 0.200. The molecule has 0 fully saturated rings. The Balaban J connectivity index is 3.48. The minimum atomic E-state index is 0.319. The Morgan fingerprint density at radius 1 is 2.00 bits per heavy atom. The Labute approximate surface area is 54.7 Å². The van der Waals surface area contributed by atoms with Crippen LogP contribution in [0.5, 0.6) is 0 Å². The standard InChI is InChI=1S/C5H8NOS/c1-4-7-5(8)6(2)3/h4H,1-2H2,3H3/q-1. The van der Waals surface area contributed by atoms with Crippen molar-refractivity contribution in [3.05, 3.63) is 19.9 Å². The van der Waals surface area contributed by atoms with Crippen LogP contribution in [0.15, 0.2) is 12.8 Å². The van der Waals surface area contributed by atoms with Crippen molar-refractivity contribution in [1.82, 2.24) is 4.90 Å². The molecule has 0 aliphatic carbocycles. The van der Waals surface area contributed by atoms with E-state index in [0.717, 1.165) is 0 Å². The lowest BCUT2D eigenvalue weighted by molar-refractivity contribution is 0.411. The molecule has 8 heavy (non-hydrogen) atoms. The summed E-state index contributed by atoms with van der Waals surface area (Å²) in [6.07, 6.45) is 1.27. The number of hydrogen-bond donors (Lipinski definition) is 0. The second-order valence-electron chi connectivity index (χ2n) is 1.25. The molecule has 0 heterocycles. The Bertz CT molecular complexity index is 101. The highest BCUT2D eigenvalue weighted by Gasteiger charge is 1.86. The van der Waals surface area contributed by atoms with Gasteiger partial charge in [0, 0.05) is 0 Å². The first kappa shape index (κ1) is 7.43. The quantitative estimate of drug-likeness (QED) is 0.300. The third-order valence-electron chi connectivity index (χ3n) is 0.496. The molecule has 0 rings (SSSR count). The summed E-state index contributed by atoms with van der Waals surface area (Å²) in [5.41, 5.74) is 0. The van der Waals surface area contributed by atoms with Gasteiger partial charge < -0.3 is 9.64 Å². The van der Waals surface area contributed by atoms with Crippen LogP contribution >= 0.6 is 12.2 Å². The van der Waals surface area contributed by atoms with E-state index in [1.165, 1.54) is 11.2 Å². The van der Waals surface area contributed by atoms with Gasteiger partial charge in [0.25, 0.3) is 0 Å². The van der Waals surface area contributed by atoms with Gasteiger partial charge in [0.2, 0.25) is 5.17 Å². The van der Waals surface area contributed by atoms with Crippen LogP contribution in [0.25, 0.3) is 0 Å². The molecule has 0 saturated carbocycles. The van der Waals surface area contributed by atoms with Crippen molar-refractivity contribution in [3.63, 3.8) is 0 Å². The lowest BCUT2D eigenvalue weighted by Crippen LogP contribution is -2.17. The summed E-state index contributed by atoms with van der Waals surface area (Å²) in [5, 5.41) is 0.319. The van der Waals surface area contributed by atoms with Gasteiger partial charge in [0.15, 0.2) is 0 Å². The maximum atomic E-state index is 4.66. The minimum Gasteiger partial charge on any atom is -0.488 e. The number of nitrogens with zero attached hydrogens (tertiary/aromatic N) is 1. The summed E-state index contributed by atoms with van der Waals surface area (Å²) < 4.78 is 4.66. The summed E-state index contributed by atoms with van der Waals surface area (Å²) in [5.74, 6) is 0. The predicted octanol–water partition coefficient (Wildman–Crippen LogP) is 1.15. The summed E-state index contributed by atoms with van der Waals surface area (Å²) in [7, 11) is 5.18. The van der Waals surface area contributed by atoms with Crippen molar-refractivity contribution in [2.75, 3.05) is 7.05 Å². The molecule has 0 amide bonds. The predicted molar refractivity (Wildman–Crippen MR) is 37.0 cm³/mol. The Hall–Kier alpha value is -0.570. The topological polar surface area (TPSA) is 12.5 Å². The molecule has 0 aliphatic rings. The van der Waals surface area contributed by atoms with Crippen LogP contribution in [-0.4, -0.2) is 17.1 Å². The van der Waals surface area contributed by atoms with Crippen LogP contribution in [0.3, 0.4) is 0 Å². The highest BCUT2D eigenvalue weighted by atomic mass is 32.1. The molecule has 0 aromatic carbocycles. The molecule has 2 nitrogen and oxygen atoms in total. The highest BCUT2D eigenvalue weighted by Crippen LogP contribution is 1.86. The number of rotatable bonds is 1. The van der Waals surface area contributed by atoms with E-state index < -0.39 is 0 Å². The van der Waals surface area contributed by atoms with Crippen molar-refractivity contribution >= 4 is 17.4 Å². The molecule has 0 N–H and O–H groups in total. The molecule has 0 aromatic rings. The molecule has 0 atom stereocenters. The smallest absolute Gasteiger partial charge is 0.233 e. The molecule has 3 heteroatoms. The minimum absolute atomic E-state index is 0.319. The van der Waals surface area contributed by atoms with E-state index in [2.05, 4.69) is 30.6 Å². The maximum absolute atomic E-state index is 4.66. The summed E-state index contributed by atoms with van der Waals surface area (Å²) in [6, 6.07) is 0. The van der Waals surface area contributed by atoms with Gasteiger partial charge in [-0.3, -0.25) is 7.05 Å². The van der Waals surface area contributed by atoms with Crippen molar-refractivity contribution in [1.29, 1.82) is 0 Å². The van der Waals surface area contributed by atoms with Gasteiger partial charge in [-0.15, -0.1) is 0 Å². The van der Waals surface area contributed by atoms with Crippen LogP contribution < -0.4 is 0 Å². The fourth-order valence-electron chi connectivity index (χ4n) is 0.161. The third-order valence-corrected chi connectivity index (χ3v) is 0.904. The fourth-order valence-corrected chi connectivity index (χ4v) is 0.229. The first-order valence-electron chi connectivity index (χ1n) is 2.04. The zero-order valence-corrected chi connectivity index (χ0v) is 5.57. The lowest BCUT2D eigenvalue weighted by atomic mass is 10.9. The second kappa shape index (κ2) is 3.43. The molecular formula is C5H8NOS-. The van der Waals surface area contributed by atoms with Crippen molar-refractivity contribution in [2.24, 2.45) is 0 Å². The van der Waals surface area contributed by atoms with Crippen LogP contribution in [-0.2, 0) is 4.74 Å². The molecule has 0 bridgehead atoms. The maximum Gasteiger partial charge on any atom is 0.233 e. The Morgan fingerprint density at radius 3 is 2.62 bits per heavy atom. The number of thiocarbonyl (C=S) groups is 1. The van der Waals surface area contributed by atoms with Gasteiger partial charge >= 0.3 is 0 Å². The van der Waals surface area contributed by atoms with E-state index in [1.807, 2.05) is 0 Å². The van der Waals surface area contributed by atoms with Gasteiger partial charge in [0.05, 0.1) is 6.26 Å². The van der Waals surface area contributed by atoms with E-state index in [0.29, 0.717) is 5.17 Å². The molecule has 0 spiro atoms. The largest absolute Gasteiger partial charge is 0.488 e. The number of ether oxygens (including phenoxy) is 1. The molecule has 0 aliphatic heterocycles. The van der Waals surface area contributed by atoms with Gasteiger partial charge in [-0.2, -0.15) is 0 Å². The summed E-state index contributed by atoms with van der Waals surface area (Å²) >= 11 is 4.65. The molecular weight excluding hydrogens is 122 g/mol. The van der Waals surface area contributed by atoms with Crippen LogP contribution in [0.2, 0.25) is 0 Å². The first-order valence-corrected chi connectivity index (χ1v) is 2.45. The highest BCUT2D eigenvalue weighted by molar-refractivity contribution is 7.80. The van der Waals surface area contributed by atoms with Gasteiger partial charge in [-0.25, -0.2) is 0 Å². The Kier molecular flexibility index (Phi) is 3.19. The third kappa shape index (κ3) is 2.58. The average Bonchev–Trinajstić information content (AvgIpc) is 1.67. The van der Waals surface area contributed by atoms with Gasteiger partial charge in [0.1, 0.15) is 0 Å². The van der Waals surface area contributed by atoms with E-state index in [-0.39, 0.29) is 0 Å². The van der Waals surface area contributed by atoms with E-state index in [4.69, 9.17) is 0 Å². The van der Waals surface area contributed by atoms with E-state index in [1.54, 1.807) is 7.05 Å². The summed E-state index contributed by atoms with van der Waals surface area (Å²) in [6.45, 7) is 3.32. The molecule has 0 radical (unpaired) electrons. The molecule has 0 saturated heterocycles. The first-order chi connectivity index (χ1) is 3.68. The van der Waals surface area contributed by atoms with Crippen LogP contribution in [0, 0.1) is 7.05 Å². The molecule has 46 valence electrons. The SMILES string of the molecule is C=COC(=S)N([CH2-])C. The molecule has 0 aromatic heterocycles. The van der Waals surface area contributed by atoms with Crippen molar-refractivity contribution in [2.45, 2.75) is 0 Å². The lowest BCUT2D eigenvalue weighted by Gasteiger charge is -2.19. The zero-order valence-electron chi connectivity index (χ0n) is 4.76. The second-order valence-corrected chi connectivity index (χ2v) is 1.60. The Morgan fingerprint density at radius 2 is 2.50 bits per heavy atom. The normalized spacial score (nSPS) is 7.75. The monoisotopic (exact) mass is 130 g/mol. The van der Waals surface area contributed by atoms with Gasteiger partial charge in [-0.05, 0) is 19.3 Å². The van der Waals surface area contributed by atoms with Crippen LogP contribution in [0.1, 0.15) is 0 Å². The number of hydrogen-bond acceptors (Lipinski definition) is 2. The van der Waals surface area contributed by atoms with E-state index >= 15 is 0 Å². The van der Waals surface area contributed by atoms with Gasteiger partial charge in [-0.1, -0.05) is 6.58 Å². The molecule has 0 unspecified atom stereocenters. The van der Waals surface area contributed by atoms with Crippen molar-refractivity contribution < 1.29 is 4.74 Å².